The topological polar surface area (TPSA) is 24.9 Å². The van der Waals surface area contributed by atoms with Gasteiger partial charge in [0, 0.05) is 11.1 Å². The molecular weight excluding hydrogens is 192 g/mol. The molecule has 0 aliphatic carbocycles. The first-order valence-corrected chi connectivity index (χ1v) is 6.16. The van der Waals surface area contributed by atoms with Gasteiger partial charge in [0.05, 0.1) is 6.04 Å². The molecule has 0 aromatic carbocycles. The summed E-state index contributed by atoms with van der Waals surface area (Å²) in [5, 5.41) is 6.72. The Morgan fingerprint density at radius 3 is 2.71 bits per heavy atom. The fourth-order valence-electron chi connectivity index (χ4n) is 1.79. The Morgan fingerprint density at radius 1 is 1.57 bits per heavy atom. The van der Waals surface area contributed by atoms with E-state index in [9.17, 15) is 0 Å². The van der Waals surface area contributed by atoms with Crippen LogP contribution in [0.25, 0.3) is 0 Å². The zero-order valence-corrected chi connectivity index (χ0v) is 10.3. The monoisotopic (exact) mass is 212 g/mol. The standard InChI is InChI=1S/C11H20N2S/c1-5-6-8(2)10(12-4)11-13-9(3)7-14-11/h7-8,10,12H,5-6H2,1-4H3. The summed E-state index contributed by atoms with van der Waals surface area (Å²) in [4.78, 5) is 4.54. The second-order valence-electron chi connectivity index (χ2n) is 3.86. The van der Waals surface area contributed by atoms with E-state index in [4.69, 9.17) is 0 Å². The third-order valence-corrected chi connectivity index (χ3v) is 3.57. The van der Waals surface area contributed by atoms with Crippen LogP contribution in [-0.4, -0.2) is 12.0 Å². The third-order valence-electron chi connectivity index (χ3n) is 2.53. The molecule has 1 aromatic rings. The summed E-state index contributed by atoms with van der Waals surface area (Å²) < 4.78 is 0. The highest BCUT2D eigenvalue weighted by Gasteiger charge is 2.19. The molecule has 1 N–H and O–H groups in total. The van der Waals surface area contributed by atoms with E-state index < -0.39 is 0 Å². The van der Waals surface area contributed by atoms with Crippen LogP contribution >= 0.6 is 11.3 Å². The highest BCUT2D eigenvalue weighted by Crippen LogP contribution is 2.27. The second-order valence-corrected chi connectivity index (χ2v) is 4.75. The van der Waals surface area contributed by atoms with Crippen LogP contribution in [0.1, 0.15) is 43.4 Å². The first-order chi connectivity index (χ1) is 6.69. The van der Waals surface area contributed by atoms with Crippen LogP contribution in [-0.2, 0) is 0 Å². The molecule has 14 heavy (non-hydrogen) atoms. The number of thiazole rings is 1. The Balaban J connectivity index is 2.71. The van der Waals surface area contributed by atoms with Crippen LogP contribution in [0, 0.1) is 12.8 Å². The van der Waals surface area contributed by atoms with E-state index in [1.807, 2.05) is 7.05 Å². The number of aryl methyl sites for hydroxylation is 1. The van der Waals surface area contributed by atoms with E-state index >= 15 is 0 Å². The van der Waals surface area contributed by atoms with Gasteiger partial charge in [-0.1, -0.05) is 20.3 Å². The molecule has 1 rings (SSSR count). The van der Waals surface area contributed by atoms with Crippen molar-refractivity contribution in [2.24, 2.45) is 5.92 Å². The summed E-state index contributed by atoms with van der Waals surface area (Å²) in [6.07, 6.45) is 2.49. The van der Waals surface area contributed by atoms with Gasteiger partial charge in [-0.2, -0.15) is 0 Å². The Kier molecular flexibility index (Phi) is 4.55. The molecule has 1 aromatic heterocycles. The molecule has 0 saturated carbocycles. The predicted molar refractivity (Wildman–Crippen MR) is 62.7 cm³/mol. The van der Waals surface area contributed by atoms with Gasteiger partial charge in [0.15, 0.2) is 0 Å². The summed E-state index contributed by atoms with van der Waals surface area (Å²) in [5.41, 5.74) is 1.13. The van der Waals surface area contributed by atoms with Gasteiger partial charge in [0.25, 0.3) is 0 Å². The molecule has 3 heteroatoms. The Labute approximate surface area is 90.8 Å². The maximum atomic E-state index is 4.54. The van der Waals surface area contributed by atoms with Crippen molar-refractivity contribution in [2.45, 2.75) is 39.7 Å². The summed E-state index contributed by atoms with van der Waals surface area (Å²) >= 11 is 1.76. The molecule has 0 aliphatic rings. The number of hydrogen-bond acceptors (Lipinski definition) is 3. The number of rotatable bonds is 5. The van der Waals surface area contributed by atoms with Crippen molar-refractivity contribution >= 4 is 11.3 Å². The molecular formula is C11H20N2S. The van der Waals surface area contributed by atoms with Crippen LogP contribution in [0.15, 0.2) is 5.38 Å². The van der Waals surface area contributed by atoms with Crippen molar-refractivity contribution in [1.29, 1.82) is 0 Å². The van der Waals surface area contributed by atoms with E-state index in [0.717, 1.165) is 5.69 Å². The Morgan fingerprint density at radius 2 is 2.29 bits per heavy atom. The number of hydrogen-bond donors (Lipinski definition) is 1. The molecule has 80 valence electrons. The maximum absolute atomic E-state index is 4.54. The SMILES string of the molecule is CCCC(C)C(NC)c1nc(C)cs1. The molecule has 2 unspecified atom stereocenters. The van der Waals surface area contributed by atoms with Crippen LogP contribution in [0.3, 0.4) is 0 Å². The molecule has 0 aliphatic heterocycles. The summed E-state index contributed by atoms with van der Waals surface area (Å²) in [6.45, 7) is 6.58. The van der Waals surface area contributed by atoms with Crippen molar-refractivity contribution in [1.82, 2.24) is 10.3 Å². The molecule has 0 fully saturated rings. The van der Waals surface area contributed by atoms with Crippen LogP contribution < -0.4 is 5.32 Å². The second kappa shape index (κ2) is 5.47. The summed E-state index contributed by atoms with van der Waals surface area (Å²) in [5.74, 6) is 0.663. The summed E-state index contributed by atoms with van der Waals surface area (Å²) in [7, 11) is 2.02. The lowest BCUT2D eigenvalue weighted by molar-refractivity contribution is 0.382. The minimum Gasteiger partial charge on any atom is -0.311 e. The zero-order chi connectivity index (χ0) is 10.6. The van der Waals surface area contributed by atoms with Crippen molar-refractivity contribution in [3.8, 4) is 0 Å². The molecule has 0 radical (unpaired) electrons. The van der Waals surface area contributed by atoms with Gasteiger partial charge in [0.1, 0.15) is 5.01 Å². The quantitative estimate of drug-likeness (QED) is 0.811. The maximum Gasteiger partial charge on any atom is 0.110 e. The molecule has 1 heterocycles. The Hall–Kier alpha value is -0.410. The highest BCUT2D eigenvalue weighted by atomic mass is 32.1. The lowest BCUT2D eigenvalue weighted by Gasteiger charge is -2.20. The molecule has 0 spiro atoms. The van der Waals surface area contributed by atoms with Crippen LogP contribution in [0.5, 0.6) is 0 Å². The van der Waals surface area contributed by atoms with Crippen molar-refractivity contribution in [3.63, 3.8) is 0 Å². The molecule has 0 amide bonds. The van der Waals surface area contributed by atoms with Crippen molar-refractivity contribution in [3.05, 3.63) is 16.1 Å². The minimum atomic E-state index is 0.425. The van der Waals surface area contributed by atoms with E-state index in [2.05, 4.69) is 36.5 Å². The van der Waals surface area contributed by atoms with Gasteiger partial charge in [-0.3, -0.25) is 0 Å². The summed E-state index contributed by atoms with van der Waals surface area (Å²) in [6, 6.07) is 0.425. The smallest absolute Gasteiger partial charge is 0.110 e. The number of nitrogens with one attached hydrogen (secondary N) is 1. The van der Waals surface area contributed by atoms with E-state index in [1.54, 1.807) is 11.3 Å². The highest BCUT2D eigenvalue weighted by molar-refractivity contribution is 7.09. The van der Waals surface area contributed by atoms with Gasteiger partial charge >= 0.3 is 0 Å². The molecule has 2 nitrogen and oxygen atoms in total. The van der Waals surface area contributed by atoms with Gasteiger partial charge in [-0.25, -0.2) is 4.98 Å². The first kappa shape index (κ1) is 11.7. The minimum absolute atomic E-state index is 0.425. The van der Waals surface area contributed by atoms with Gasteiger partial charge in [0.2, 0.25) is 0 Å². The third kappa shape index (κ3) is 2.79. The van der Waals surface area contributed by atoms with E-state index in [-0.39, 0.29) is 0 Å². The largest absolute Gasteiger partial charge is 0.311 e. The predicted octanol–water partition coefficient (Wildman–Crippen LogP) is 3.15. The lowest BCUT2D eigenvalue weighted by atomic mass is 9.97. The van der Waals surface area contributed by atoms with E-state index in [1.165, 1.54) is 17.8 Å². The average Bonchev–Trinajstić information content (AvgIpc) is 2.54. The molecule has 2 atom stereocenters. The van der Waals surface area contributed by atoms with Crippen molar-refractivity contribution in [2.75, 3.05) is 7.05 Å². The number of nitrogens with zero attached hydrogens (tertiary/aromatic N) is 1. The van der Waals surface area contributed by atoms with E-state index in [0.29, 0.717) is 12.0 Å². The fourth-order valence-corrected chi connectivity index (χ4v) is 2.83. The van der Waals surface area contributed by atoms with Gasteiger partial charge < -0.3 is 5.32 Å². The zero-order valence-electron chi connectivity index (χ0n) is 9.50. The lowest BCUT2D eigenvalue weighted by Crippen LogP contribution is -2.23. The van der Waals surface area contributed by atoms with Crippen LogP contribution in [0.4, 0.5) is 0 Å². The fraction of sp³-hybridized carbons (Fsp3) is 0.727. The van der Waals surface area contributed by atoms with Crippen LogP contribution in [0.2, 0.25) is 0 Å². The molecule has 0 saturated heterocycles. The number of aromatic nitrogens is 1. The molecule has 0 bridgehead atoms. The van der Waals surface area contributed by atoms with Crippen molar-refractivity contribution < 1.29 is 0 Å². The van der Waals surface area contributed by atoms with Gasteiger partial charge in [-0.15, -0.1) is 11.3 Å². The average molecular weight is 212 g/mol. The Bertz CT molecular complexity index is 270. The first-order valence-electron chi connectivity index (χ1n) is 5.28. The normalized spacial score (nSPS) is 15.4. The van der Waals surface area contributed by atoms with Gasteiger partial charge in [-0.05, 0) is 26.3 Å².